The van der Waals surface area contributed by atoms with Crippen molar-refractivity contribution in [2.75, 3.05) is 17.2 Å². The van der Waals surface area contributed by atoms with E-state index in [1.165, 1.54) is 12.1 Å². The Morgan fingerprint density at radius 2 is 1.63 bits per heavy atom. The fourth-order valence-electron chi connectivity index (χ4n) is 4.55. The third kappa shape index (κ3) is 5.89. The van der Waals surface area contributed by atoms with E-state index in [0.717, 1.165) is 10.2 Å². The maximum Gasteiger partial charge on any atom is 0.435 e. The number of carbonyl (C=O) groups is 4. The van der Waals surface area contributed by atoms with Gasteiger partial charge in [0.05, 0.1) is 23.4 Å². The summed E-state index contributed by atoms with van der Waals surface area (Å²) in [6.07, 6.45) is 0.916. The monoisotopic (exact) mass is 582 g/mol. The summed E-state index contributed by atoms with van der Waals surface area (Å²) in [6.45, 7) is 5.42. The second-order valence-electron chi connectivity index (χ2n) is 10.2. The van der Waals surface area contributed by atoms with Gasteiger partial charge >= 0.3 is 6.09 Å². The highest BCUT2D eigenvalue weighted by Gasteiger charge is 2.29. The zero-order chi connectivity index (χ0) is 30.7. The fourth-order valence-corrected chi connectivity index (χ4v) is 4.55. The van der Waals surface area contributed by atoms with Gasteiger partial charge in [-0.1, -0.05) is 42.5 Å². The van der Waals surface area contributed by atoms with Gasteiger partial charge in [0.25, 0.3) is 17.7 Å². The summed E-state index contributed by atoms with van der Waals surface area (Å²) >= 11 is 0. The number of amides is 3. The zero-order valence-corrected chi connectivity index (χ0v) is 24.0. The molecule has 0 aliphatic rings. The molecule has 0 atom stereocenters. The van der Waals surface area contributed by atoms with Crippen LogP contribution in [0.3, 0.4) is 0 Å². The summed E-state index contributed by atoms with van der Waals surface area (Å²) < 4.78 is 13.5. The molecule has 0 fully saturated rings. The van der Waals surface area contributed by atoms with Crippen molar-refractivity contribution in [2.24, 2.45) is 7.05 Å². The molecule has 0 aliphatic heterocycles. The van der Waals surface area contributed by atoms with Crippen LogP contribution in [0.15, 0.2) is 83.4 Å². The molecule has 12 nitrogen and oxygen atoms in total. The van der Waals surface area contributed by atoms with Crippen molar-refractivity contribution in [2.45, 2.75) is 26.3 Å². The van der Waals surface area contributed by atoms with Crippen LogP contribution in [0, 0.1) is 0 Å². The van der Waals surface area contributed by atoms with Gasteiger partial charge in [-0.25, -0.2) is 4.79 Å². The van der Waals surface area contributed by atoms with Crippen molar-refractivity contribution >= 4 is 46.4 Å². The first-order valence-electron chi connectivity index (χ1n) is 13.5. The summed E-state index contributed by atoms with van der Waals surface area (Å²) in [7, 11) is 1.74. The van der Waals surface area contributed by atoms with Gasteiger partial charge in [-0.2, -0.15) is 4.68 Å². The SMILES string of the molecule is CCOC(=O)n1nc(NC(=O)c2ccccc2NC(=O)c2cccn2C)c2oc(C(=O)NC(C)(C)c3ccccc3)cc21. The number of carbonyl (C=O) groups excluding carboxylic acids is 4. The van der Waals surface area contributed by atoms with Gasteiger partial charge in [0.15, 0.2) is 17.2 Å². The number of aromatic nitrogens is 3. The molecule has 43 heavy (non-hydrogen) atoms. The van der Waals surface area contributed by atoms with E-state index in [-0.39, 0.29) is 40.5 Å². The van der Waals surface area contributed by atoms with E-state index in [9.17, 15) is 19.2 Å². The average Bonchev–Trinajstić information content (AvgIpc) is 3.70. The van der Waals surface area contributed by atoms with Gasteiger partial charge in [-0.3, -0.25) is 14.4 Å². The number of rotatable bonds is 8. The molecule has 0 spiro atoms. The molecule has 3 heterocycles. The molecule has 5 aromatic rings. The van der Waals surface area contributed by atoms with Crippen molar-refractivity contribution in [1.82, 2.24) is 19.7 Å². The standard InChI is InChI=1S/C31H30N6O6/c1-5-42-30(41)37-23-18-24(29(40)34-31(2,3)19-12-7-6-8-13-19)43-25(23)26(35-37)33-27(38)20-14-9-10-15-21(20)32-28(39)22-16-11-17-36(22)4/h6-18H,5H2,1-4H3,(H,32,39)(H,34,40)(H,33,35,38). The summed E-state index contributed by atoms with van der Waals surface area (Å²) in [5.41, 5.74) is 1.06. The van der Waals surface area contributed by atoms with Gasteiger partial charge in [-0.05, 0) is 50.6 Å². The summed E-state index contributed by atoms with van der Waals surface area (Å²) in [6, 6.07) is 20.6. The lowest BCUT2D eigenvalue weighted by Gasteiger charge is -2.26. The highest BCUT2D eigenvalue weighted by Crippen LogP contribution is 2.29. The largest absolute Gasteiger partial charge is 0.448 e. The highest BCUT2D eigenvalue weighted by atomic mass is 16.6. The molecule has 3 amide bonds. The second-order valence-corrected chi connectivity index (χ2v) is 10.2. The predicted molar refractivity (Wildman–Crippen MR) is 159 cm³/mol. The Balaban J connectivity index is 1.45. The number of furan rings is 1. The third-order valence-corrected chi connectivity index (χ3v) is 6.77. The number of aryl methyl sites for hydroxylation is 1. The van der Waals surface area contributed by atoms with Crippen LogP contribution in [0.2, 0.25) is 0 Å². The van der Waals surface area contributed by atoms with Gasteiger partial charge < -0.3 is 29.7 Å². The number of anilines is 2. The minimum atomic E-state index is -0.819. The molecule has 0 aliphatic carbocycles. The van der Waals surface area contributed by atoms with Crippen LogP contribution in [-0.4, -0.2) is 44.8 Å². The average molecular weight is 583 g/mol. The first-order chi connectivity index (χ1) is 20.6. The smallest absolute Gasteiger partial charge is 0.435 e. The first-order valence-corrected chi connectivity index (χ1v) is 13.5. The normalized spacial score (nSPS) is 11.3. The van der Waals surface area contributed by atoms with Gasteiger partial charge in [0, 0.05) is 19.3 Å². The van der Waals surface area contributed by atoms with Crippen molar-refractivity contribution in [3.8, 4) is 0 Å². The third-order valence-electron chi connectivity index (χ3n) is 6.77. The van der Waals surface area contributed by atoms with Crippen LogP contribution < -0.4 is 16.0 Å². The van der Waals surface area contributed by atoms with Crippen molar-refractivity contribution < 1.29 is 28.3 Å². The number of para-hydroxylation sites is 1. The molecule has 3 aromatic heterocycles. The summed E-state index contributed by atoms with van der Waals surface area (Å²) in [5.74, 6) is -1.78. The highest BCUT2D eigenvalue weighted by molar-refractivity contribution is 6.14. The van der Waals surface area contributed by atoms with E-state index in [1.54, 1.807) is 55.1 Å². The predicted octanol–water partition coefficient (Wildman–Crippen LogP) is 5.14. The van der Waals surface area contributed by atoms with Crippen molar-refractivity contribution in [3.63, 3.8) is 0 Å². The number of nitrogens with zero attached hydrogens (tertiary/aromatic N) is 3. The van der Waals surface area contributed by atoms with E-state index in [2.05, 4.69) is 21.0 Å². The zero-order valence-electron chi connectivity index (χ0n) is 24.0. The number of nitrogens with one attached hydrogen (secondary N) is 3. The van der Waals surface area contributed by atoms with Crippen LogP contribution in [0.5, 0.6) is 0 Å². The lowest BCUT2D eigenvalue weighted by molar-refractivity contribution is 0.0885. The van der Waals surface area contributed by atoms with Crippen LogP contribution in [0.4, 0.5) is 16.3 Å². The van der Waals surface area contributed by atoms with Crippen molar-refractivity contribution in [3.05, 3.63) is 102 Å². The Morgan fingerprint density at radius 3 is 2.33 bits per heavy atom. The molecule has 220 valence electrons. The number of ether oxygens (including phenoxy) is 1. The Morgan fingerprint density at radius 1 is 0.907 bits per heavy atom. The van der Waals surface area contributed by atoms with Crippen LogP contribution in [-0.2, 0) is 17.3 Å². The maximum absolute atomic E-state index is 13.4. The minimum absolute atomic E-state index is 0.00519. The molecular formula is C31H30N6O6. The van der Waals surface area contributed by atoms with Crippen LogP contribution >= 0.6 is 0 Å². The lowest BCUT2D eigenvalue weighted by Crippen LogP contribution is -2.40. The molecule has 3 N–H and O–H groups in total. The summed E-state index contributed by atoms with van der Waals surface area (Å²) in [5, 5.41) is 12.5. The Hall–Kier alpha value is -5.65. The molecule has 5 rings (SSSR count). The van der Waals surface area contributed by atoms with Gasteiger partial charge in [-0.15, -0.1) is 5.10 Å². The second kappa shape index (κ2) is 11.7. The van der Waals surface area contributed by atoms with E-state index in [0.29, 0.717) is 5.69 Å². The van der Waals surface area contributed by atoms with Crippen molar-refractivity contribution in [1.29, 1.82) is 0 Å². The molecule has 2 aromatic carbocycles. The number of benzene rings is 2. The minimum Gasteiger partial charge on any atom is -0.448 e. The number of hydrogen-bond donors (Lipinski definition) is 3. The number of fused-ring (bicyclic) bond motifs is 1. The maximum atomic E-state index is 13.4. The first kappa shape index (κ1) is 28.9. The van der Waals surface area contributed by atoms with E-state index in [4.69, 9.17) is 9.15 Å². The number of hydrogen-bond acceptors (Lipinski definition) is 7. The lowest BCUT2D eigenvalue weighted by atomic mass is 9.94. The molecule has 12 heteroatoms. The van der Waals surface area contributed by atoms with E-state index in [1.807, 2.05) is 44.2 Å². The molecular weight excluding hydrogens is 552 g/mol. The quantitative estimate of drug-likeness (QED) is 0.229. The molecule has 0 bridgehead atoms. The fraction of sp³-hybridized carbons (Fsp3) is 0.194. The van der Waals surface area contributed by atoms with Crippen LogP contribution in [0.25, 0.3) is 11.1 Å². The Bertz CT molecular complexity index is 1830. The molecule has 0 unspecified atom stereocenters. The van der Waals surface area contributed by atoms with Gasteiger partial charge in [0.2, 0.25) is 0 Å². The summed E-state index contributed by atoms with van der Waals surface area (Å²) in [4.78, 5) is 52.2. The Labute approximate surface area is 246 Å². The topological polar surface area (TPSA) is 149 Å². The molecule has 0 radical (unpaired) electrons. The van der Waals surface area contributed by atoms with Gasteiger partial charge in [0.1, 0.15) is 11.2 Å². The van der Waals surface area contributed by atoms with Crippen LogP contribution in [0.1, 0.15) is 57.7 Å². The van der Waals surface area contributed by atoms with E-state index >= 15 is 0 Å². The molecule has 0 saturated heterocycles. The Kier molecular flexibility index (Phi) is 7.84. The molecule has 0 saturated carbocycles. The van der Waals surface area contributed by atoms with E-state index < -0.39 is 29.4 Å².